The number of aromatic nitrogens is 2. The van der Waals surface area contributed by atoms with Gasteiger partial charge in [-0.25, -0.2) is 0 Å². The monoisotopic (exact) mass is 239 g/mol. The first-order valence-corrected chi connectivity index (χ1v) is 6.37. The third-order valence-corrected chi connectivity index (χ3v) is 2.99. The molecule has 4 nitrogen and oxygen atoms in total. The van der Waals surface area contributed by atoms with Crippen LogP contribution in [0.25, 0.3) is 0 Å². The zero-order chi connectivity index (χ0) is 12.7. The Bertz CT molecular complexity index is 309. The molecule has 0 saturated carbocycles. The van der Waals surface area contributed by atoms with Crippen molar-refractivity contribution in [2.45, 2.75) is 39.3 Å². The first-order chi connectivity index (χ1) is 8.19. The van der Waals surface area contributed by atoms with Crippen molar-refractivity contribution < 1.29 is 4.74 Å². The molecule has 0 fully saturated rings. The molecule has 1 unspecified atom stereocenters. The van der Waals surface area contributed by atoms with E-state index in [1.165, 1.54) is 12.1 Å². The van der Waals surface area contributed by atoms with Gasteiger partial charge in [0.15, 0.2) is 0 Å². The SMILES string of the molecule is CNC(CCC(C)C)c1ccnn1CCOC. The van der Waals surface area contributed by atoms with Gasteiger partial charge in [-0.3, -0.25) is 4.68 Å². The Hall–Kier alpha value is -0.870. The summed E-state index contributed by atoms with van der Waals surface area (Å²) in [6.07, 6.45) is 4.23. The molecule has 1 aromatic rings. The maximum atomic E-state index is 5.10. The molecule has 0 aliphatic heterocycles. The number of hydrogen-bond acceptors (Lipinski definition) is 3. The number of ether oxygens (including phenoxy) is 1. The molecule has 0 radical (unpaired) electrons. The van der Waals surface area contributed by atoms with Crippen LogP contribution in [0, 0.1) is 5.92 Å². The summed E-state index contributed by atoms with van der Waals surface area (Å²) in [6, 6.07) is 2.48. The molecule has 0 amide bonds. The summed E-state index contributed by atoms with van der Waals surface area (Å²) in [6.45, 7) is 6.04. The zero-order valence-electron chi connectivity index (χ0n) is 11.4. The molecule has 0 aliphatic carbocycles. The van der Waals surface area contributed by atoms with Crippen LogP contribution in [0.3, 0.4) is 0 Å². The van der Waals surface area contributed by atoms with Crippen LogP contribution in [0.5, 0.6) is 0 Å². The van der Waals surface area contributed by atoms with Crippen LogP contribution in [0.15, 0.2) is 12.3 Å². The molecular formula is C13H25N3O. The van der Waals surface area contributed by atoms with Gasteiger partial charge in [-0.2, -0.15) is 5.10 Å². The average molecular weight is 239 g/mol. The molecule has 0 bridgehead atoms. The number of methoxy groups -OCH3 is 1. The first kappa shape index (κ1) is 14.2. The van der Waals surface area contributed by atoms with Gasteiger partial charge in [0.1, 0.15) is 0 Å². The van der Waals surface area contributed by atoms with Crippen molar-refractivity contribution in [2.24, 2.45) is 5.92 Å². The second kappa shape index (κ2) is 7.45. The molecular weight excluding hydrogens is 214 g/mol. The summed E-state index contributed by atoms with van der Waals surface area (Å²) < 4.78 is 7.13. The van der Waals surface area contributed by atoms with Crippen LogP contribution >= 0.6 is 0 Å². The molecule has 0 aliphatic rings. The van der Waals surface area contributed by atoms with Crippen LogP contribution in [0.2, 0.25) is 0 Å². The molecule has 17 heavy (non-hydrogen) atoms. The fourth-order valence-electron chi connectivity index (χ4n) is 1.94. The molecule has 1 heterocycles. The minimum absolute atomic E-state index is 0.386. The van der Waals surface area contributed by atoms with Gasteiger partial charge in [0, 0.05) is 19.3 Å². The van der Waals surface area contributed by atoms with Crippen molar-refractivity contribution >= 4 is 0 Å². The minimum Gasteiger partial charge on any atom is -0.383 e. The van der Waals surface area contributed by atoms with Gasteiger partial charge in [-0.1, -0.05) is 13.8 Å². The number of nitrogens with one attached hydrogen (secondary N) is 1. The van der Waals surface area contributed by atoms with Crippen molar-refractivity contribution in [1.82, 2.24) is 15.1 Å². The van der Waals surface area contributed by atoms with E-state index in [1.807, 2.05) is 17.9 Å². The van der Waals surface area contributed by atoms with Gasteiger partial charge in [-0.15, -0.1) is 0 Å². The molecule has 98 valence electrons. The molecule has 0 saturated heterocycles. The van der Waals surface area contributed by atoms with Gasteiger partial charge in [-0.05, 0) is 31.9 Å². The van der Waals surface area contributed by atoms with Crippen molar-refractivity contribution in [1.29, 1.82) is 0 Å². The Kier molecular flexibility index (Phi) is 6.22. The Morgan fingerprint density at radius 2 is 2.18 bits per heavy atom. The highest BCUT2D eigenvalue weighted by atomic mass is 16.5. The lowest BCUT2D eigenvalue weighted by atomic mass is 10.0. The topological polar surface area (TPSA) is 39.1 Å². The van der Waals surface area contributed by atoms with Gasteiger partial charge in [0.05, 0.1) is 18.8 Å². The Morgan fingerprint density at radius 1 is 1.41 bits per heavy atom. The summed E-state index contributed by atoms with van der Waals surface area (Å²) >= 11 is 0. The smallest absolute Gasteiger partial charge is 0.0659 e. The lowest BCUT2D eigenvalue weighted by molar-refractivity contribution is 0.181. The molecule has 0 spiro atoms. The maximum Gasteiger partial charge on any atom is 0.0659 e. The van der Waals surface area contributed by atoms with Gasteiger partial charge in [0.2, 0.25) is 0 Å². The van der Waals surface area contributed by atoms with Crippen LogP contribution in [0.1, 0.15) is 38.4 Å². The number of rotatable bonds is 8. The predicted octanol–water partition coefficient (Wildman–Crippen LogP) is 2.23. The van der Waals surface area contributed by atoms with E-state index in [0.29, 0.717) is 12.6 Å². The lowest BCUT2D eigenvalue weighted by Crippen LogP contribution is -2.22. The Labute approximate surface area is 104 Å². The normalized spacial score (nSPS) is 13.2. The highest BCUT2D eigenvalue weighted by Crippen LogP contribution is 2.20. The number of nitrogens with zero attached hydrogens (tertiary/aromatic N) is 2. The summed E-state index contributed by atoms with van der Waals surface area (Å²) in [5.74, 6) is 0.737. The van der Waals surface area contributed by atoms with Gasteiger partial charge < -0.3 is 10.1 Å². The second-order valence-electron chi connectivity index (χ2n) is 4.78. The highest BCUT2D eigenvalue weighted by Gasteiger charge is 2.14. The van der Waals surface area contributed by atoms with Crippen LogP contribution in [0.4, 0.5) is 0 Å². The van der Waals surface area contributed by atoms with Gasteiger partial charge >= 0.3 is 0 Å². The van der Waals surface area contributed by atoms with E-state index in [9.17, 15) is 0 Å². The predicted molar refractivity (Wildman–Crippen MR) is 70.0 cm³/mol. The third-order valence-electron chi connectivity index (χ3n) is 2.99. The fraction of sp³-hybridized carbons (Fsp3) is 0.769. The standard InChI is InChI=1S/C13H25N3O/c1-11(2)5-6-12(14-3)13-7-8-15-16(13)9-10-17-4/h7-8,11-12,14H,5-6,9-10H2,1-4H3. The van der Waals surface area contributed by atoms with E-state index in [4.69, 9.17) is 4.74 Å². The first-order valence-electron chi connectivity index (χ1n) is 6.37. The van der Waals surface area contributed by atoms with Crippen molar-refractivity contribution in [2.75, 3.05) is 20.8 Å². The fourth-order valence-corrected chi connectivity index (χ4v) is 1.94. The van der Waals surface area contributed by atoms with E-state index in [2.05, 4.69) is 30.3 Å². The zero-order valence-corrected chi connectivity index (χ0v) is 11.4. The maximum absolute atomic E-state index is 5.10. The third kappa shape index (κ3) is 4.48. The van der Waals surface area contributed by atoms with E-state index in [1.54, 1.807) is 7.11 Å². The van der Waals surface area contributed by atoms with E-state index >= 15 is 0 Å². The number of hydrogen-bond donors (Lipinski definition) is 1. The van der Waals surface area contributed by atoms with E-state index in [0.717, 1.165) is 18.9 Å². The van der Waals surface area contributed by atoms with Crippen molar-refractivity contribution in [3.8, 4) is 0 Å². The summed E-state index contributed by atoms with van der Waals surface area (Å²) in [7, 11) is 3.73. The largest absolute Gasteiger partial charge is 0.383 e. The van der Waals surface area contributed by atoms with E-state index in [-0.39, 0.29) is 0 Å². The average Bonchev–Trinajstić information content (AvgIpc) is 2.75. The van der Waals surface area contributed by atoms with Crippen molar-refractivity contribution in [3.05, 3.63) is 18.0 Å². The Morgan fingerprint density at radius 3 is 2.76 bits per heavy atom. The summed E-state index contributed by atoms with van der Waals surface area (Å²) in [5, 5.41) is 7.72. The van der Waals surface area contributed by atoms with Crippen LogP contribution < -0.4 is 5.32 Å². The van der Waals surface area contributed by atoms with E-state index < -0.39 is 0 Å². The second-order valence-corrected chi connectivity index (χ2v) is 4.78. The minimum atomic E-state index is 0.386. The molecule has 1 rings (SSSR count). The molecule has 1 atom stereocenters. The molecule has 0 aromatic carbocycles. The van der Waals surface area contributed by atoms with Crippen LogP contribution in [-0.2, 0) is 11.3 Å². The molecule has 4 heteroatoms. The van der Waals surface area contributed by atoms with Crippen LogP contribution in [-0.4, -0.2) is 30.5 Å². The quantitative estimate of drug-likeness (QED) is 0.756. The summed E-state index contributed by atoms with van der Waals surface area (Å²) in [5.41, 5.74) is 1.25. The summed E-state index contributed by atoms with van der Waals surface area (Å²) in [4.78, 5) is 0. The molecule has 1 N–H and O–H groups in total. The van der Waals surface area contributed by atoms with Crippen molar-refractivity contribution in [3.63, 3.8) is 0 Å². The molecule has 1 aromatic heterocycles. The Balaban J connectivity index is 2.63. The lowest BCUT2D eigenvalue weighted by Gasteiger charge is -2.19. The van der Waals surface area contributed by atoms with Gasteiger partial charge in [0.25, 0.3) is 0 Å². The highest BCUT2D eigenvalue weighted by molar-refractivity contribution is 5.06.